The first-order valence-corrected chi connectivity index (χ1v) is 6.93. The van der Waals surface area contributed by atoms with Crippen LogP contribution in [0.4, 0.5) is 0 Å². The number of aliphatic hydroxyl groups excluding tert-OH is 1. The van der Waals surface area contributed by atoms with E-state index in [1.165, 1.54) is 16.7 Å². The van der Waals surface area contributed by atoms with Gasteiger partial charge >= 0.3 is 0 Å². The number of hydrogen-bond acceptors (Lipinski definition) is 3. The average Bonchev–Trinajstić information content (AvgIpc) is 2.79. The SMILES string of the molecule is Cc1ccc2c(c1)C(CO)(N1CCNCC1)CC2. The van der Waals surface area contributed by atoms with Gasteiger partial charge in [0, 0.05) is 26.2 Å². The van der Waals surface area contributed by atoms with E-state index in [0.29, 0.717) is 0 Å². The van der Waals surface area contributed by atoms with Gasteiger partial charge < -0.3 is 10.4 Å². The fourth-order valence-corrected chi connectivity index (χ4v) is 3.50. The molecule has 0 saturated carbocycles. The highest BCUT2D eigenvalue weighted by molar-refractivity contribution is 5.41. The zero-order valence-electron chi connectivity index (χ0n) is 11.1. The Morgan fingerprint density at radius 1 is 1.33 bits per heavy atom. The second kappa shape index (κ2) is 4.65. The van der Waals surface area contributed by atoms with Crippen molar-refractivity contribution in [3.63, 3.8) is 0 Å². The second-order valence-corrected chi connectivity index (χ2v) is 5.59. The zero-order chi connectivity index (χ0) is 12.6. The lowest BCUT2D eigenvalue weighted by Crippen LogP contribution is -2.55. The molecule has 1 aliphatic carbocycles. The third kappa shape index (κ3) is 1.78. The lowest BCUT2D eigenvalue weighted by Gasteiger charge is -2.43. The summed E-state index contributed by atoms with van der Waals surface area (Å²) in [5, 5.41) is 13.4. The van der Waals surface area contributed by atoms with Crippen LogP contribution in [0, 0.1) is 6.92 Å². The molecule has 2 N–H and O–H groups in total. The molecule has 1 saturated heterocycles. The molecule has 1 aromatic carbocycles. The maximum atomic E-state index is 10.0. The molecule has 3 nitrogen and oxygen atoms in total. The van der Waals surface area contributed by atoms with Gasteiger partial charge in [0.15, 0.2) is 0 Å². The van der Waals surface area contributed by atoms with Crippen molar-refractivity contribution in [1.82, 2.24) is 10.2 Å². The Balaban J connectivity index is 2.01. The third-order valence-corrected chi connectivity index (χ3v) is 4.56. The van der Waals surface area contributed by atoms with Crippen LogP contribution in [0.1, 0.15) is 23.1 Å². The molecule has 1 unspecified atom stereocenters. The summed E-state index contributed by atoms with van der Waals surface area (Å²) < 4.78 is 0. The Bertz CT molecular complexity index is 440. The second-order valence-electron chi connectivity index (χ2n) is 5.59. The van der Waals surface area contributed by atoms with Crippen molar-refractivity contribution in [2.75, 3.05) is 32.8 Å². The molecule has 1 fully saturated rings. The Morgan fingerprint density at radius 3 is 2.83 bits per heavy atom. The summed E-state index contributed by atoms with van der Waals surface area (Å²) in [4.78, 5) is 2.48. The standard InChI is InChI=1S/C15H22N2O/c1-12-2-3-13-4-5-15(11-18,14(13)10-12)17-8-6-16-7-9-17/h2-3,10,16,18H,4-9,11H2,1H3. The number of nitrogens with one attached hydrogen (secondary N) is 1. The summed E-state index contributed by atoms with van der Waals surface area (Å²) >= 11 is 0. The maximum Gasteiger partial charge on any atom is 0.0700 e. The van der Waals surface area contributed by atoms with Gasteiger partial charge in [-0.25, -0.2) is 0 Å². The Labute approximate surface area is 109 Å². The molecule has 0 bridgehead atoms. The van der Waals surface area contributed by atoms with E-state index in [2.05, 4.69) is 35.3 Å². The van der Waals surface area contributed by atoms with E-state index in [-0.39, 0.29) is 12.1 Å². The van der Waals surface area contributed by atoms with Crippen LogP contribution < -0.4 is 5.32 Å². The predicted octanol–water partition coefficient (Wildman–Crippen LogP) is 1.03. The minimum atomic E-state index is -0.122. The van der Waals surface area contributed by atoms with Crippen molar-refractivity contribution in [1.29, 1.82) is 0 Å². The lowest BCUT2D eigenvalue weighted by atomic mass is 9.89. The number of fused-ring (bicyclic) bond motifs is 1. The topological polar surface area (TPSA) is 35.5 Å². The van der Waals surface area contributed by atoms with E-state index >= 15 is 0 Å². The molecule has 1 heterocycles. The fourth-order valence-electron chi connectivity index (χ4n) is 3.50. The lowest BCUT2D eigenvalue weighted by molar-refractivity contribution is 0.0182. The van der Waals surface area contributed by atoms with Gasteiger partial charge in [-0.3, -0.25) is 4.90 Å². The smallest absolute Gasteiger partial charge is 0.0700 e. The van der Waals surface area contributed by atoms with E-state index in [1.54, 1.807) is 0 Å². The Morgan fingerprint density at radius 2 is 2.11 bits per heavy atom. The molecular weight excluding hydrogens is 224 g/mol. The number of benzene rings is 1. The van der Waals surface area contributed by atoms with Gasteiger partial charge in [-0.2, -0.15) is 0 Å². The summed E-state index contributed by atoms with van der Waals surface area (Å²) in [6.07, 6.45) is 2.16. The molecule has 1 atom stereocenters. The van der Waals surface area contributed by atoms with Gasteiger partial charge in [-0.05, 0) is 30.9 Å². The summed E-state index contributed by atoms with van der Waals surface area (Å²) in [5.41, 5.74) is 3.97. The predicted molar refractivity (Wildman–Crippen MR) is 72.7 cm³/mol. The molecule has 1 aliphatic heterocycles. The van der Waals surface area contributed by atoms with Gasteiger partial charge in [-0.15, -0.1) is 0 Å². The molecular formula is C15H22N2O. The number of nitrogens with zero attached hydrogens (tertiary/aromatic N) is 1. The van der Waals surface area contributed by atoms with Crippen LogP contribution in [0.3, 0.4) is 0 Å². The van der Waals surface area contributed by atoms with Crippen LogP contribution in [0.5, 0.6) is 0 Å². The van der Waals surface area contributed by atoms with E-state index in [0.717, 1.165) is 39.0 Å². The largest absolute Gasteiger partial charge is 0.394 e. The number of piperazine rings is 1. The molecule has 0 aromatic heterocycles. The van der Waals surface area contributed by atoms with E-state index in [1.807, 2.05) is 0 Å². The molecule has 98 valence electrons. The first-order chi connectivity index (χ1) is 8.76. The van der Waals surface area contributed by atoms with Crippen LogP contribution in [0.25, 0.3) is 0 Å². The van der Waals surface area contributed by atoms with Crippen molar-refractivity contribution < 1.29 is 5.11 Å². The highest BCUT2D eigenvalue weighted by Crippen LogP contribution is 2.41. The van der Waals surface area contributed by atoms with Crippen LogP contribution >= 0.6 is 0 Å². The number of hydrogen-bond donors (Lipinski definition) is 2. The van der Waals surface area contributed by atoms with Crippen molar-refractivity contribution in [2.45, 2.75) is 25.3 Å². The monoisotopic (exact) mass is 246 g/mol. The van der Waals surface area contributed by atoms with E-state index < -0.39 is 0 Å². The summed E-state index contributed by atoms with van der Waals surface area (Å²) in [6.45, 7) is 6.51. The third-order valence-electron chi connectivity index (χ3n) is 4.56. The molecule has 2 aliphatic rings. The van der Waals surface area contributed by atoms with Crippen LogP contribution in [-0.4, -0.2) is 42.8 Å². The first-order valence-electron chi connectivity index (χ1n) is 6.93. The molecule has 0 spiro atoms. The Kier molecular flexibility index (Phi) is 3.14. The van der Waals surface area contributed by atoms with E-state index in [4.69, 9.17) is 0 Å². The van der Waals surface area contributed by atoms with Crippen molar-refractivity contribution >= 4 is 0 Å². The maximum absolute atomic E-state index is 10.0. The molecule has 3 rings (SSSR count). The molecule has 0 radical (unpaired) electrons. The van der Waals surface area contributed by atoms with Crippen molar-refractivity contribution in [3.05, 3.63) is 34.9 Å². The zero-order valence-corrected chi connectivity index (χ0v) is 11.1. The van der Waals surface area contributed by atoms with Crippen LogP contribution in [-0.2, 0) is 12.0 Å². The van der Waals surface area contributed by atoms with Crippen molar-refractivity contribution in [2.24, 2.45) is 0 Å². The van der Waals surface area contributed by atoms with Gasteiger partial charge in [-0.1, -0.05) is 23.8 Å². The van der Waals surface area contributed by atoms with E-state index in [9.17, 15) is 5.11 Å². The summed E-state index contributed by atoms with van der Waals surface area (Å²) in [6, 6.07) is 6.70. The fraction of sp³-hybridized carbons (Fsp3) is 0.600. The minimum absolute atomic E-state index is 0.122. The molecule has 1 aromatic rings. The Hall–Kier alpha value is -0.900. The van der Waals surface area contributed by atoms with Gasteiger partial charge in [0.1, 0.15) is 0 Å². The van der Waals surface area contributed by atoms with Crippen LogP contribution in [0.2, 0.25) is 0 Å². The van der Waals surface area contributed by atoms with Crippen LogP contribution in [0.15, 0.2) is 18.2 Å². The highest BCUT2D eigenvalue weighted by atomic mass is 16.3. The highest BCUT2D eigenvalue weighted by Gasteiger charge is 2.43. The molecule has 18 heavy (non-hydrogen) atoms. The number of aliphatic hydroxyl groups is 1. The van der Waals surface area contributed by atoms with Gasteiger partial charge in [0.05, 0.1) is 12.1 Å². The molecule has 0 amide bonds. The average molecular weight is 246 g/mol. The normalized spacial score (nSPS) is 28.3. The van der Waals surface area contributed by atoms with Crippen molar-refractivity contribution in [3.8, 4) is 0 Å². The first kappa shape index (κ1) is 12.2. The quantitative estimate of drug-likeness (QED) is 0.818. The summed E-state index contributed by atoms with van der Waals surface area (Å²) in [5.74, 6) is 0. The van der Waals surface area contributed by atoms with Gasteiger partial charge in [0.2, 0.25) is 0 Å². The minimum Gasteiger partial charge on any atom is -0.394 e. The number of rotatable bonds is 2. The van der Waals surface area contributed by atoms with Gasteiger partial charge in [0.25, 0.3) is 0 Å². The number of aryl methyl sites for hydroxylation is 2. The molecule has 3 heteroatoms. The summed E-state index contributed by atoms with van der Waals surface area (Å²) in [7, 11) is 0.